The first-order valence-corrected chi connectivity index (χ1v) is 12.0. The van der Waals surface area contributed by atoms with Crippen LogP contribution in [0.3, 0.4) is 0 Å². The molecule has 34 heavy (non-hydrogen) atoms. The number of benzene rings is 2. The average Bonchev–Trinajstić information content (AvgIpc) is 3.31. The number of H-pyrrole nitrogens is 1. The Balaban J connectivity index is 1.70. The van der Waals surface area contributed by atoms with Crippen molar-refractivity contribution >= 4 is 10.9 Å². The van der Waals surface area contributed by atoms with Crippen LogP contribution in [-0.4, -0.2) is 36.6 Å². The number of pyridine rings is 1. The molecule has 5 rings (SSSR count). The molecule has 4 aromatic rings. The van der Waals surface area contributed by atoms with Crippen molar-refractivity contribution in [3.8, 4) is 0 Å². The van der Waals surface area contributed by atoms with Crippen molar-refractivity contribution < 1.29 is 0 Å². The van der Waals surface area contributed by atoms with Crippen LogP contribution in [-0.2, 0) is 18.5 Å². The Morgan fingerprint density at radius 1 is 1.09 bits per heavy atom. The molecule has 7 nitrogen and oxygen atoms in total. The molecule has 0 amide bonds. The van der Waals surface area contributed by atoms with Crippen LogP contribution in [0.25, 0.3) is 10.9 Å². The van der Waals surface area contributed by atoms with Gasteiger partial charge >= 0.3 is 0 Å². The van der Waals surface area contributed by atoms with Gasteiger partial charge in [-0.05, 0) is 96.8 Å². The topological polar surface area (TPSA) is 79.7 Å². The fourth-order valence-electron chi connectivity index (χ4n) is 4.88. The van der Waals surface area contributed by atoms with E-state index in [-0.39, 0.29) is 17.1 Å². The summed E-state index contributed by atoms with van der Waals surface area (Å²) in [6.45, 7) is 12.1. The SMILES string of the molecule is CCC(C)(C)n1nnnc1C(c1cc2cc(C)c(C)cc2[nH]c1=O)N1CCc2ccccc2C1. The highest BCUT2D eigenvalue weighted by Gasteiger charge is 2.35. The van der Waals surface area contributed by atoms with E-state index in [1.165, 1.54) is 16.7 Å². The summed E-state index contributed by atoms with van der Waals surface area (Å²) in [5.41, 5.74) is 6.18. The maximum absolute atomic E-state index is 13.5. The monoisotopic (exact) mass is 456 g/mol. The van der Waals surface area contributed by atoms with Crippen molar-refractivity contribution in [2.45, 2.75) is 65.6 Å². The van der Waals surface area contributed by atoms with Crippen molar-refractivity contribution in [3.63, 3.8) is 0 Å². The Hall–Kier alpha value is -3.32. The highest BCUT2D eigenvalue weighted by molar-refractivity contribution is 5.81. The van der Waals surface area contributed by atoms with Gasteiger partial charge in [-0.2, -0.15) is 0 Å². The third kappa shape index (κ3) is 3.84. The minimum atomic E-state index is -0.357. The molecule has 0 saturated carbocycles. The van der Waals surface area contributed by atoms with Crippen molar-refractivity contribution in [1.82, 2.24) is 30.1 Å². The van der Waals surface area contributed by atoms with E-state index in [1.807, 2.05) is 16.8 Å². The highest BCUT2D eigenvalue weighted by Crippen LogP contribution is 2.34. The molecule has 1 aliphatic heterocycles. The van der Waals surface area contributed by atoms with Crippen molar-refractivity contribution in [2.24, 2.45) is 0 Å². The summed E-state index contributed by atoms with van der Waals surface area (Å²) in [5.74, 6) is 0.708. The largest absolute Gasteiger partial charge is 0.322 e. The van der Waals surface area contributed by atoms with E-state index in [4.69, 9.17) is 0 Å². The number of rotatable bonds is 5. The number of nitrogens with one attached hydrogen (secondary N) is 1. The molecule has 2 aromatic heterocycles. The van der Waals surface area contributed by atoms with Gasteiger partial charge in [-0.15, -0.1) is 5.10 Å². The molecular formula is C27H32N6O. The van der Waals surface area contributed by atoms with Gasteiger partial charge in [0.2, 0.25) is 0 Å². The molecule has 0 spiro atoms. The number of fused-ring (bicyclic) bond motifs is 2. The standard InChI is InChI=1S/C27H32N6O/c1-6-27(4,5)33-25(29-30-31-33)24(32-12-11-19-9-7-8-10-20(19)16-32)22-15-21-13-17(2)18(3)14-23(21)28-26(22)34/h7-10,13-15,24H,6,11-12,16H2,1-5H3,(H,28,34). The quantitative estimate of drug-likeness (QED) is 0.481. The predicted molar refractivity (Wildman–Crippen MR) is 134 cm³/mol. The number of tetrazole rings is 1. The Kier molecular flexibility index (Phi) is 5.60. The van der Waals surface area contributed by atoms with E-state index in [1.54, 1.807) is 0 Å². The molecule has 0 radical (unpaired) electrons. The van der Waals surface area contributed by atoms with E-state index in [9.17, 15) is 4.79 Å². The number of aromatic amines is 1. The Labute approximate surface area is 199 Å². The summed E-state index contributed by atoms with van der Waals surface area (Å²) in [6, 6.07) is 14.4. The minimum Gasteiger partial charge on any atom is -0.322 e. The average molecular weight is 457 g/mol. The van der Waals surface area contributed by atoms with Crippen LogP contribution in [0.2, 0.25) is 0 Å². The smallest absolute Gasteiger partial charge is 0.253 e. The third-order valence-electron chi connectivity index (χ3n) is 7.48. The van der Waals surface area contributed by atoms with E-state index in [0.29, 0.717) is 11.4 Å². The molecule has 0 saturated heterocycles. The molecule has 1 aliphatic rings. The van der Waals surface area contributed by atoms with Crippen LogP contribution in [0.15, 0.2) is 47.3 Å². The van der Waals surface area contributed by atoms with E-state index >= 15 is 0 Å². The number of aryl methyl sites for hydroxylation is 2. The molecule has 0 fully saturated rings. The lowest BCUT2D eigenvalue weighted by Crippen LogP contribution is -2.40. The zero-order chi connectivity index (χ0) is 24.0. The maximum Gasteiger partial charge on any atom is 0.253 e. The second-order valence-corrected chi connectivity index (χ2v) is 10.1. The number of aromatic nitrogens is 5. The van der Waals surface area contributed by atoms with Crippen LogP contribution in [0.5, 0.6) is 0 Å². The first-order valence-electron chi connectivity index (χ1n) is 12.0. The fraction of sp³-hybridized carbons (Fsp3) is 0.407. The van der Waals surface area contributed by atoms with Crippen LogP contribution in [0.4, 0.5) is 0 Å². The molecule has 7 heteroatoms. The molecule has 1 unspecified atom stereocenters. The third-order valence-corrected chi connectivity index (χ3v) is 7.48. The zero-order valence-electron chi connectivity index (χ0n) is 20.6. The first-order chi connectivity index (χ1) is 16.3. The van der Waals surface area contributed by atoms with Crippen molar-refractivity contribution in [1.29, 1.82) is 0 Å². The van der Waals surface area contributed by atoms with Crippen LogP contribution in [0.1, 0.15) is 66.9 Å². The summed E-state index contributed by atoms with van der Waals surface area (Å²) in [4.78, 5) is 19.0. The van der Waals surface area contributed by atoms with Crippen molar-refractivity contribution in [3.05, 3.63) is 86.5 Å². The van der Waals surface area contributed by atoms with E-state index < -0.39 is 0 Å². The lowest BCUT2D eigenvalue weighted by atomic mass is 9.94. The molecule has 176 valence electrons. The van der Waals surface area contributed by atoms with Crippen molar-refractivity contribution in [2.75, 3.05) is 6.54 Å². The second-order valence-electron chi connectivity index (χ2n) is 10.1. The molecule has 1 N–H and O–H groups in total. The van der Waals surface area contributed by atoms with Gasteiger partial charge in [-0.25, -0.2) is 4.68 Å². The molecule has 0 aliphatic carbocycles. The summed E-state index contributed by atoms with van der Waals surface area (Å²) < 4.78 is 1.90. The molecule has 2 aromatic carbocycles. The second kappa shape index (κ2) is 8.47. The van der Waals surface area contributed by atoms with Gasteiger partial charge in [0.1, 0.15) is 6.04 Å². The number of nitrogens with zero attached hydrogens (tertiary/aromatic N) is 5. The number of hydrogen-bond donors (Lipinski definition) is 1. The zero-order valence-corrected chi connectivity index (χ0v) is 20.6. The van der Waals surface area contributed by atoms with Crippen LogP contribution >= 0.6 is 0 Å². The highest BCUT2D eigenvalue weighted by atomic mass is 16.1. The summed E-state index contributed by atoms with van der Waals surface area (Å²) in [6.07, 6.45) is 1.79. The molecule has 3 heterocycles. The van der Waals surface area contributed by atoms with Gasteiger partial charge in [-0.1, -0.05) is 31.2 Å². The lowest BCUT2D eigenvalue weighted by Gasteiger charge is -2.36. The summed E-state index contributed by atoms with van der Waals surface area (Å²) >= 11 is 0. The predicted octanol–water partition coefficient (Wildman–Crippen LogP) is 4.42. The Morgan fingerprint density at radius 3 is 2.59 bits per heavy atom. The molecule has 0 bridgehead atoms. The first kappa shape index (κ1) is 22.5. The van der Waals surface area contributed by atoms with Gasteiger partial charge < -0.3 is 4.98 Å². The minimum absolute atomic E-state index is 0.0940. The Bertz CT molecular complexity index is 1420. The molecular weight excluding hydrogens is 424 g/mol. The fourth-order valence-corrected chi connectivity index (χ4v) is 4.88. The van der Waals surface area contributed by atoms with Gasteiger partial charge in [-0.3, -0.25) is 9.69 Å². The van der Waals surface area contributed by atoms with Gasteiger partial charge in [0, 0.05) is 24.2 Å². The Morgan fingerprint density at radius 2 is 1.82 bits per heavy atom. The summed E-state index contributed by atoms with van der Waals surface area (Å²) in [7, 11) is 0. The van der Waals surface area contributed by atoms with Crippen LogP contribution in [0, 0.1) is 13.8 Å². The van der Waals surface area contributed by atoms with E-state index in [0.717, 1.165) is 42.4 Å². The summed E-state index contributed by atoms with van der Waals surface area (Å²) in [5, 5.41) is 14.0. The normalized spacial score (nSPS) is 15.4. The number of hydrogen-bond acceptors (Lipinski definition) is 5. The van der Waals surface area contributed by atoms with Crippen LogP contribution < -0.4 is 5.56 Å². The van der Waals surface area contributed by atoms with E-state index in [2.05, 4.69) is 90.4 Å². The van der Waals surface area contributed by atoms with Gasteiger partial charge in [0.05, 0.1) is 5.54 Å². The van der Waals surface area contributed by atoms with Gasteiger partial charge in [0.25, 0.3) is 5.56 Å². The van der Waals surface area contributed by atoms with Gasteiger partial charge in [0.15, 0.2) is 5.82 Å². The maximum atomic E-state index is 13.5. The lowest BCUT2D eigenvalue weighted by molar-refractivity contribution is 0.181. The molecule has 1 atom stereocenters.